The van der Waals surface area contributed by atoms with E-state index in [1.807, 2.05) is 60.8 Å². The lowest BCUT2D eigenvalue weighted by atomic mass is 10.0. The zero-order valence-electron chi connectivity index (χ0n) is 22.2. The van der Waals surface area contributed by atoms with Crippen LogP contribution in [-0.2, 0) is 28.0 Å². The zero-order chi connectivity index (χ0) is 27.3. The Morgan fingerprint density at radius 3 is 2.42 bits per heavy atom. The van der Waals surface area contributed by atoms with Crippen LogP contribution in [-0.4, -0.2) is 33.0 Å². The summed E-state index contributed by atoms with van der Waals surface area (Å²) in [7, 11) is 0. The normalized spacial score (nSPS) is 12.7. The lowest BCUT2D eigenvalue weighted by Gasteiger charge is -2.26. The molecule has 10 heteroatoms. The summed E-state index contributed by atoms with van der Waals surface area (Å²) < 4.78 is 16.8. The molecule has 0 radical (unpaired) electrons. The molecule has 2 aromatic carbocycles. The van der Waals surface area contributed by atoms with E-state index in [4.69, 9.17) is 13.9 Å². The summed E-state index contributed by atoms with van der Waals surface area (Å²) in [6.07, 6.45) is 1.02. The van der Waals surface area contributed by atoms with Crippen molar-refractivity contribution in [1.82, 2.24) is 25.8 Å². The fraction of sp³-hybridized carbons (Fsp3) is 0.357. The second-order valence-electron chi connectivity index (χ2n) is 10.5. The monoisotopic (exact) mass is 519 g/mol. The van der Waals surface area contributed by atoms with Crippen LogP contribution < -0.4 is 10.6 Å². The average molecular weight is 520 g/mol. The Morgan fingerprint density at radius 2 is 1.68 bits per heavy atom. The van der Waals surface area contributed by atoms with Crippen LogP contribution in [0.2, 0.25) is 0 Å². The summed E-state index contributed by atoms with van der Waals surface area (Å²) in [5.41, 5.74) is 1.12. The van der Waals surface area contributed by atoms with Gasteiger partial charge in [-0.3, -0.25) is 0 Å². The molecule has 4 aromatic rings. The van der Waals surface area contributed by atoms with Crippen molar-refractivity contribution >= 4 is 23.1 Å². The molecular formula is C28H33N5O5. The summed E-state index contributed by atoms with van der Waals surface area (Å²) in [6, 6.07) is 16.6. The van der Waals surface area contributed by atoms with Crippen molar-refractivity contribution < 1.29 is 23.5 Å². The van der Waals surface area contributed by atoms with Gasteiger partial charge in [0.15, 0.2) is 0 Å². The van der Waals surface area contributed by atoms with E-state index in [2.05, 4.69) is 25.8 Å². The van der Waals surface area contributed by atoms with Gasteiger partial charge in [0.2, 0.25) is 11.8 Å². The van der Waals surface area contributed by atoms with Crippen LogP contribution >= 0.6 is 0 Å². The van der Waals surface area contributed by atoms with E-state index >= 15 is 0 Å². The van der Waals surface area contributed by atoms with Gasteiger partial charge in [0.05, 0.1) is 0 Å². The number of ether oxygens (including phenoxy) is 2. The number of fused-ring (bicyclic) bond motifs is 1. The fourth-order valence-corrected chi connectivity index (χ4v) is 3.87. The molecule has 0 spiro atoms. The topological polar surface area (TPSA) is 131 Å². The van der Waals surface area contributed by atoms with Crippen LogP contribution in [0, 0.1) is 0 Å². The molecule has 0 aliphatic carbocycles. The molecule has 3 N–H and O–H groups in total. The molecule has 0 aliphatic heterocycles. The van der Waals surface area contributed by atoms with Crippen molar-refractivity contribution in [3.63, 3.8) is 0 Å². The summed E-state index contributed by atoms with van der Waals surface area (Å²) in [5.74, 6) is 0.350. The number of para-hydroxylation sites is 1. The fourth-order valence-electron chi connectivity index (χ4n) is 3.87. The Bertz CT molecular complexity index is 1390. The standard InChI is InChI=1S/C28H33N5O5/c1-27(2,3)38-26(35)31-28(4,5)24-33-32-23(37-24)22(15-19-16-29-21-14-10-9-13-20(19)21)30-25(34)36-17-18-11-7-6-8-12-18/h6-14,16,22,29H,15,17H2,1-5H3,(H,30,34)(H,31,35). The molecule has 0 aliphatic rings. The molecule has 2 heterocycles. The minimum Gasteiger partial charge on any atom is -0.445 e. The molecule has 10 nitrogen and oxygen atoms in total. The van der Waals surface area contributed by atoms with Crippen molar-refractivity contribution in [3.05, 3.63) is 83.7 Å². The first kappa shape index (κ1) is 26.7. The molecule has 2 aromatic heterocycles. The largest absolute Gasteiger partial charge is 0.445 e. The summed E-state index contributed by atoms with van der Waals surface area (Å²) >= 11 is 0. The van der Waals surface area contributed by atoms with Gasteiger partial charge in [0.25, 0.3) is 0 Å². The van der Waals surface area contributed by atoms with Gasteiger partial charge in [0.1, 0.15) is 23.8 Å². The number of hydrogen-bond donors (Lipinski definition) is 3. The van der Waals surface area contributed by atoms with Crippen molar-refractivity contribution in [3.8, 4) is 0 Å². The third-order valence-corrected chi connectivity index (χ3v) is 5.69. The number of carbonyl (C=O) groups is 2. The van der Waals surface area contributed by atoms with Gasteiger partial charge in [-0.1, -0.05) is 48.5 Å². The van der Waals surface area contributed by atoms with Gasteiger partial charge >= 0.3 is 12.2 Å². The molecule has 200 valence electrons. The predicted molar refractivity (Wildman–Crippen MR) is 141 cm³/mol. The number of nitrogens with one attached hydrogen (secondary N) is 3. The smallest absolute Gasteiger partial charge is 0.408 e. The van der Waals surface area contributed by atoms with Gasteiger partial charge < -0.3 is 29.5 Å². The van der Waals surface area contributed by atoms with Crippen molar-refractivity contribution in [2.45, 2.75) is 64.8 Å². The first-order valence-corrected chi connectivity index (χ1v) is 12.4. The summed E-state index contributed by atoms with van der Waals surface area (Å²) in [4.78, 5) is 28.4. The molecular weight excluding hydrogens is 486 g/mol. The van der Waals surface area contributed by atoms with E-state index < -0.39 is 29.4 Å². The number of benzene rings is 2. The highest BCUT2D eigenvalue weighted by atomic mass is 16.6. The molecule has 0 fully saturated rings. The molecule has 38 heavy (non-hydrogen) atoms. The Morgan fingerprint density at radius 1 is 0.974 bits per heavy atom. The number of nitrogens with zero attached hydrogens (tertiary/aromatic N) is 2. The second kappa shape index (κ2) is 11.0. The van der Waals surface area contributed by atoms with E-state index in [0.717, 1.165) is 22.0 Å². The van der Waals surface area contributed by atoms with Crippen molar-refractivity contribution in [2.24, 2.45) is 0 Å². The Labute approximate surface area is 221 Å². The number of amides is 2. The van der Waals surface area contributed by atoms with Crippen LogP contribution in [0.25, 0.3) is 10.9 Å². The van der Waals surface area contributed by atoms with Crippen LogP contribution in [0.3, 0.4) is 0 Å². The van der Waals surface area contributed by atoms with E-state index in [-0.39, 0.29) is 18.4 Å². The number of aromatic amines is 1. The minimum atomic E-state index is -1.02. The summed E-state index contributed by atoms with van der Waals surface area (Å²) in [6.45, 7) is 8.91. The van der Waals surface area contributed by atoms with Gasteiger partial charge in [-0.25, -0.2) is 9.59 Å². The van der Waals surface area contributed by atoms with Crippen molar-refractivity contribution in [2.75, 3.05) is 0 Å². The summed E-state index contributed by atoms with van der Waals surface area (Å²) in [5, 5.41) is 15.0. The molecule has 0 saturated heterocycles. The number of carbonyl (C=O) groups excluding carboxylic acids is 2. The maximum atomic E-state index is 12.8. The molecule has 2 amide bonds. The number of alkyl carbamates (subject to hydrolysis) is 2. The highest BCUT2D eigenvalue weighted by Crippen LogP contribution is 2.27. The number of H-pyrrole nitrogens is 1. The molecule has 0 saturated carbocycles. The third-order valence-electron chi connectivity index (χ3n) is 5.69. The third kappa shape index (κ3) is 6.90. The molecule has 4 rings (SSSR count). The van der Waals surface area contributed by atoms with E-state index in [9.17, 15) is 9.59 Å². The SMILES string of the molecule is CC(C)(C)OC(=O)NC(C)(C)c1nnc(C(Cc2c[nH]c3ccccc23)NC(=O)OCc2ccccc2)o1. The highest BCUT2D eigenvalue weighted by molar-refractivity contribution is 5.83. The quantitative estimate of drug-likeness (QED) is 0.279. The zero-order valence-corrected chi connectivity index (χ0v) is 22.2. The predicted octanol–water partition coefficient (Wildman–Crippen LogP) is 5.52. The Kier molecular flexibility index (Phi) is 7.70. The van der Waals surface area contributed by atoms with Crippen LogP contribution in [0.4, 0.5) is 9.59 Å². The van der Waals surface area contributed by atoms with Gasteiger partial charge in [-0.2, -0.15) is 0 Å². The lowest BCUT2D eigenvalue weighted by molar-refractivity contribution is 0.0454. The van der Waals surface area contributed by atoms with Gasteiger partial charge in [0, 0.05) is 23.5 Å². The van der Waals surface area contributed by atoms with E-state index in [1.165, 1.54) is 0 Å². The number of hydrogen-bond acceptors (Lipinski definition) is 7. The second-order valence-corrected chi connectivity index (χ2v) is 10.5. The number of aromatic nitrogens is 3. The first-order chi connectivity index (χ1) is 18.0. The highest BCUT2D eigenvalue weighted by Gasteiger charge is 2.33. The number of rotatable bonds is 8. The molecule has 1 unspecified atom stereocenters. The molecule has 0 bridgehead atoms. The van der Waals surface area contributed by atoms with Crippen LogP contribution in [0.5, 0.6) is 0 Å². The Hall–Kier alpha value is -4.34. The average Bonchev–Trinajstić information content (AvgIpc) is 3.50. The Balaban J connectivity index is 1.54. The molecule has 1 atom stereocenters. The van der Waals surface area contributed by atoms with Crippen LogP contribution in [0.15, 0.2) is 65.2 Å². The van der Waals surface area contributed by atoms with Crippen molar-refractivity contribution in [1.29, 1.82) is 0 Å². The maximum Gasteiger partial charge on any atom is 0.408 e. The lowest BCUT2D eigenvalue weighted by Crippen LogP contribution is -2.44. The van der Waals surface area contributed by atoms with Gasteiger partial charge in [-0.05, 0) is 51.8 Å². The van der Waals surface area contributed by atoms with E-state index in [1.54, 1.807) is 34.6 Å². The van der Waals surface area contributed by atoms with E-state index in [0.29, 0.717) is 6.42 Å². The maximum absolute atomic E-state index is 12.8. The first-order valence-electron chi connectivity index (χ1n) is 12.4. The van der Waals surface area contributed by atoms with Crippen LogP contribution in [0.1, 0.15) is 63.6 Å². The van der Waals surface area contributed by atoms with Gasteiger partial charge in [-0.15, -0.1) is 10.2 Å². The minimum absolute atomic E-state index is 0.119.